The first-order chi connectivity index (χ1) is 13.9. The van der Waals surface area contributed by atoms with Crippen LogP contribution in [0.1, 0.15) is 11.3 Å². The van der Waals surface area contributed by atoms with E-state index in [9.17, 15) is 19.7 Å². The molecule has 1 aromatic heterocycles. The minimum Gasteiger partial charge on any atom is -0.457 e. The van der Waals surface area contributed by atoms with Crippen LogP contribution in [-0.4, -0.2) is 16.1 Å². The molecule has 29 heavy (non-hydrogen) atoms. The summed E-state index contributed by atoms with van der Waals surface area (Å²) in [6, 6.07) is 16.5. The Kier molecular flexibility index (Phi) is 4.77. The Bertz CT molecular complexity index is 1150. The number of non-ortho nitro benzene ring substituents is 1. The predicted molar refractivity (Wildman–Crippen MR) is 110 cm³/mol. The van der Waals surface area contributed by atoms with Gasteiger partial charge in [-0.25, -0.2) is 4.90 Å². The van der Waals surface area contributed by atoms with Crippen molar-refractivity contribution in [3.8, 4) is 11.3 Å². The molecule has 8 heteroatoms. The van der Waals surface area contributed by atoms with Crippen LogP contribution in [0, 0.1) is 17.0 Å². The van der Waals surface area contributed by atoms with Gasteiger partial charge in [0, 0.05) is 23.8 Å². The number of imide groups is 1. The van der Waals surface area contributed by atoms with Gasteiger partial charge >= 0.3 is 0 Å². The van der Waals surface area contributed by atoms with Crippen LogP contribution in [0.15, 0.2) is 70.0 Å². The van der Waals surface area contributed by atoms with E-state index in [0.717, 1.165) is 22.2 Å². The third-order valence-corrected chi connectivity index (χ3v) is 5.22. The highest BCUT2D eigenvalue weighted by molar-refractivity contribution is 8.19. The number of carbonyl (C=O) groups excluding carboxylic acids is 2. The summed E-state index contributed by atoms with van der Waals surface area (Å²) in [4.78, 5) is 36.7. The van der Waals surface area contributed by atoms with Crippen LogP contribution in [0.5, 0.6) is 0 Å². The normalized spacial score (nSPS) is 15.3. The van der Waals surface area contributed by atoms with E-state index >= 15 is 0 Å². The van der Waals surface area contributed by atoms with E-state index in [-0.39, 0.29) is 15.8 Å². The highest BCUT2D eigenvalue weighted by atomic mass is 32.2. The van der Waals surface area contributed by atoms with Crippen molar-refractivity contribution in [3.63, 3.8) is 0 Å². The van der Waals surface area contributed by atoms with Crippen LogP contribution < -0.4 is 4.90 Å². The van der Waals surface area contributed by atoms with Crippen molar-refractivity contribution in [2.24, 2.45) is 0 Å². The Morgan fingerprint density at radius 1 is 1.00 bits per heavy atom. The van der Waals surface area contributed by atoms with Crippen LogP contribution in [0.3, 0.4) is 0 Å². The van der Waals surface area contributed by atoms with Gasteiger partial charge in [0.05, 0.1) is 15.5 Å². The average molecular weight is 406 g/mol. The largest absolute Gasteiger partial charge is 0.457 e. The molecule has 1 aliphatic heterocycles. The van der Waals surface area contributed by atoms with Gasteiger partial charge in [0.25, 0.3) is 16.8 Å². The van der Waals surface area contributed by atoms with Crippen molar-refractivity contribution < 1.29 is 18.9 Å². The number of thioether (sulfide) groups is 1. The number of hydrogen-bond acceptors (Lipinski definition) is 6. The topological polar surface area (TPSA) is 93.7 Å². The molecule has 0 bridgehead atoms. The number of nitro groups is 1. The first-order valence-electron chi connectivity index (χ1n) is 8.62. The number of benzene rings is 2. The number of carbonyl (C=O) groups is 2. The van der Waals surface area contributed by atoms with Crippen molar-refractivity contribution in [2.75, 3.05) is 4.90 Å². The molecule has 1 aliphatic rings. The van der Waals surface area contributed by atoms with E-state index in [1.165, 1.54) is 18.2 Å². The maximum Gasteiger partial charge on any atom is 0.298 e. The quantitative estimate of drug-likeness (QED) is 0.327. The highest BCUT2D eigenvalue weighted by Gasteiger charge is 2.36. The van der Waals surface area contributed by atoms with Gasteiger partial charge in [0.1, 0.15) is 11.5 Å². The molecular weight excluding hydrogens is 392 g/mol. The number of furan rings is 1. The smallest absolute Gasteiger partial charge is 0.298 e. The molecule has 0 spiro atoms. The van der Waals surface area contributed by atoms with Crippen molar-refractivity contribution in [1.29, 1.82) is 0 Å². The average Bonchev–Trinajstić information content (AvgIpc) is 3.28. The molecule has 4 rings (SSSR count). The summed E-state index contributed by atoms with van der Waals surface area (Å²) < 4.78 is 5.73. The van der Waals surface area contributed by atoms with E-state index in [4.69, 9.17) is 4.42 Å². The number of hydrogen-bond donors (Lipinski definition) is 0. The zero-order valence-electron chi connectivity index (χ0n) is 15.2. The Morgan fingerprint density at radius 3 is 2.34 bits per heavy atom. The molecular formula is C21H14N2O5S. The van der Waals surface area contributed by atoms with Gasteiger partial charge < -0.3 is 4.42 Å². The van der Waals surface area contributed by atoms with Gasteiger partial charge in [-0.15, -0.1) is 0 Å². The molecule has 2 heterocycles. The molecule has 0 atom stereocenters. The van der Waals surface area contributed by atoms with E-state index in [0.29, 0.717) is 22.8 Å². The minimum absolute atomic E-state index is 0.00897. The molecule has 2 amide bonds. The zero-order valence-corrected chi connectivity index (χ0v) is 16.0. The number of nitro benzene ring substituents is 1. The number of rotatable bonds is 4. The lowest BCUT2D eigenvalue weighted by atomic mass is 10.1. The first kappa shape index (κ1) is 18.7. The maximum absolute atomic E-state index is 12.7. The number of anilines is 1. The molecule has 1 fully saturated rings. The van der Waals surface area contributed by atoms with Crippen molar-refractivity contribution >= 4 is 40.4 Å². The molecule has 0 radical (unpaired) electrons. The fraction of sp³-hybridized carbons (Fsp3) is 0.0476. The Labute approximate surface area is 169 Å². The third kappa shape index (κ3) is 3.70. The lowest BCUT2D eigenvalue weighted by Gasteiger charge is -2.12. The molecule has 0 N–H and O–H groups in total. The molecule has 1 saturated heterocycles. The fourth-order valence-electron chi connectivity index (χ4n) is 2.85. The molecule has 3 aromatic rings. The van der Waals surface area contributed by atoms with Gasteiger partial charge in [-0.2, -0.15) is 0 Å². The fourth-order valence-corrected chi connectivity index (χ4v) is 3.67. The standard InChI is InChI=1S/C21H14N2O5S/c1-13-2-6-15(7-3-13)22-20(24)19(29-21(22)25)12-17-10-11-18(28-17)14-4-8-16(9-5-14)23(26)27/h2-12H,1H3/b19-12+. The van der Waals surface area contributed by atoms with Gasteiger partial charge in [0.2, 0.25) is 0 Å². The maximum atomic E-state index is 12.7. The van der Waals surface area contributed by atoms with Gasteiger partial charge in [-0.05, 0) is 55.1 Å². The Hall–Kier alpha value is -3.65. The summed E-state index contributed by atoms with van der Waals surface area (Å²) in [5, 5.41) is 10.4. The summed E-state index contributed by atoms with van der Waals surface area (Å²) in [5.74, 6) is 0.508. The number of nitrogens with zero attached hydrogens (tertiary/aromatic N) is 2. The summed E-state index contributed by atoms with van der Waals surface area (Å²) >= 11 is 0.849. The van der Waals surface area contributed by atoms with Crippen molar-refractivity contribution in [2.45, 2.75) is 6.92 Å². The van der Waals surface area contributed by atoms with Gasteiger partial charge in [-0.1, -0.05) is 17.7 Å². The van der Waals surface area contributed by atoms with Crippen LogP contribution in [0.25, 0.3) is 17.4 Å². The summed E-state index contributed by atoms with van der Waals surface area (Å²) in [5.41, 5.74) is 2.21. The summed E-state index contributed by atoms with van der Waals surface area (Å²) in [7, 11) is 0. The van der Waals surface area contributed by atoms with Crippen molar-refractivity contribution in [3.05, 3.63) is 87.0 Å². The molecule has 2 aromatic carbocycles. The lowest BCUT2D eigenvalue weighted by Crippen LogP contribution is -2.27. The second-order valence-corrected chi connectivity index (χ2v) is 7.35. The van der Waals surface area contributed by atoms with Crippen LogP contribution in [-0.2, 0) is 4.79 Å². The zero-order chi connectivity index (χ0) is 20.5. The second kappa shape index (κ2) is 7.40. The lowest BCUT2D eigenvalue weighted by molar-refractivity contribution is -0.384. The molecule has 7 nitrogen and oxygen atoms in total. The van der Waals surface area contributed by atoms with Gasteiger partial charge in [-0.3, -0.25) is 19.7 Å². The third-order valence-electron chi connectivity index (χ3n) is 4.35. The van der Waals surface area contributed by atoms with Crippen LogP contribution in [0.4, 0.5) is 16.2 Å². The number of amides is 2. The highest BCUT2D eigenvalue weighted by Crippen LogP contribution is 2.36. The summed E-state index contributed by atoms with van der Waals surface area (Å²) in [6.07, 6.45) is 1.52. The van der Waals surface area contributed by atoms with E-state index in [1.54, 1.807) is 36.4 Å². The van der Waals surface area contributed by atoms with Crippen LogP contribution >= 0.6 is 11.8 Å². The summed E-state index contributed by atoms with van der Waals surface area (Å²) in [6.45, 7) is 1.93. The van der Waals surface area contributed by atoms with Gasteiger partial charge in [0.15, 0.2) is 0 Å². The SMILES string of the molecule is Cc1ccc(N2C(=O)S/C(=C/c3ccc(-c4ccc([N+](=O)[O-])cc4)o3)C2=O)cc1. The first-order valence-corrected chi connectivity index (χ1v) is 9.43. The monoisotopic (exact) mass is 406 g/mol. The minimum atomic E-state index is -0.471. The molecule has 0 aliphatic carbocycles. The van der Waals surface area contributed by atoms with Crippen molar-refractivity contribution in [1.82, 2.24) is 0 Å². The Morgan fingerprint density at radius 2 is 1.69 bits per heavy atom. The molecule has 144 valence electrons. The molecule has 0 saturated carbocycles. The van der Waals surface area contributed by atoms with Crippen LogP contribution in [0.2, 0.25) is 0 Å². The predicted octanol–water partition coefficient (Wildman–Crippen LogP) is 5.40. The van der Waals surface area contributed by atoms with E-state index in [1.807, 2.05) is 19.1 Å². The van der Waals surface area contributed by atoms with E-state index < -0.39 is 10.8 Å². The number of aryl methyl sites for hydroxylation is 1. The second-order valence-electron chi connectivity index (χ2n) is 6.36. The molecule has 0 unspecified atom stereocenters. The van der Waals surface area contributed by atoms with E-state index in [2.05, 4.69) is 0 Å². The Balaban J connectivity index is 1.57.